The van der Waals surface area contributed by atoms with Crippen molar-refractivity contribution in [3.8, 4) is 11.5 Å². The molecular weight excluding hydrogens is 258 g/mol. The van der Waals surface area contributed by atoms with E-state index in [4.69, 9.17) is 9.47 Å². The number of methoxy groups -OCH3 is 2. The molecule has 0 bridgehead atoms. The highest BCUT2D eigenvalue weighted by molar-refractivity contribution is 6.12. The van der Waals surface area contributed by atoms with Gasteiger partial charge in [0.15, 0.2) is 23.0 Å². The van der Waals surface area contributed by atoms with Crippen molar-refractivity contribution in [2.45, 2.75) is 0 Å². The number of rotatable bonds is 5. The van der Waals surface area contributed by atoms with Crippen molar-refractivity contribution in [2.24, 2.45) is 5.18 Å². The molecule has 0 aliphatic rings. The minimum Gasteiger partial charge on any atom is -0.493 e. The van der Waals surface area contributed by atoms with Gasteiger partial charge in [-0.3, -0.25) is 4.79 Å². The molecule has 0 fully saturated rings. The summed E-state index contributed by atoms with van der Waals surface area (Å²) in [6.45, 7) is 0. The molecule has 0 saturated heterocycles. The van der Waals surface area contributed by atoms with Crippen molar-refractivity contribution in [3.63, 3.8) is 0 Å². The molecule has 0 aliphatic carbocycles. The molecule has 5 heteroatoms. The summed E-state index contributed by atoms with van der Waals surface area (Å²) in [7, 11) is 2.84. The Kier molecular flexibility index (Phi) is 4.10. The summed E-state index contributed by atoms with van der Waals surface area (Å²) in [5.41, 5.74) is 0.606. The van der Waals surface area contributed by atoms with Crippen LogP contribution in [-0.2, 0) is 0 Å². The topological polar surface area (TPSA) is 65.0 Å². The van der Waals surface area contributed by atoms with Crippen LogP contribution in [0.2, 0.25) is 0 Å². The van der Waals surface area contributed by atoms with Crippen molar-refractivity contribution in [2.75, 3.05) is 14.2 Å². The maximum absolute atomic E-state index is 12.4. The fourth-order valence-corrected chi connectivity index (χ4v) is 1.93. The molecule has 102 valence electrons. The van der Waals surface area contributed by atoms with Crippen molar-refractivity contribution < 1.29 is 14.3 Å². The van der Waals surface area contributed by atoms with Crippen LogP contribution in [0.25, 0.3) is 0 Å². The first kappa shape index (κ1) is 13.7. The summed E-state index contributed by atoms with van der Waals surface area (Å²) in [6, 6.07) is 11.7. The fraction of sp³-hybridized carbons (Fsp3) is 0.133. The van der Waals surface area contributed by atoms with Gasteiger partial charge in [0.2, 0.25) is 0 Å². The minimum atomic E-state index is -0.291. The van der Waals surface area contributed by atoms with Gasteiger partial charge in [0.1, 0.15) is 0 Å². The van der Waals surface area contributed by atoms with E-state index >= 15 is 0 Å². The first-order valence-corrected chi connectivity index (χ1v) is 5.91. The number of nitrogens with zero attached hydrogens (tertiary/aromatic N) is 1. The zero-order valence-corrected chi connectivity index (χ0v) is 11.1. The third kappa shape index (κ3) is 2.38. The SMILES string of the molecule is COc1ccc(C(=O)c2ccccc2)c(N=O)c1OC. The van der Waals surface area contributed by atoms with Crippen LogP contribution in [0.3, 0.4) is 0 Å². The molecular formula is C15H13NO4. The lowest BCUT2D eigenvalue weighted by molar-refractivity contribution is 0.103. The smallest absolute Gasteiger partial charge is 0.195 e. The molecule has 0 amide bonds. The lowest BCUT2D eigenvalue weighted by Gasteiger charge is -2.11. The first-order chi connectivity index (χ1) is 9.72. The molecule has 2 aromatic rings. The quantitative estimate of drug-likeness (QED) is 0.618. The summed E-state index contributed by atoms with van der Waals surface area (Å²) < 4.78 is 10.2. The third-order valence-corrected chi connectivity index (χ3v) is 2.89. The fourth-order valence-electron chi connectivity index (χ4n) is 1.93. The van der Waals surface area contributed by atoms with Gasteiger partial charge in [-0.25, -0.2) is 0 Å². The molecule has 2 rings (SSSR count). The van der Waals surface area contributed by atoms with Gasteiger partial charge in [-0.1, -0.05) is 30.3 Å². The molecule has 5 nitrogen and oxygen atoms in total. The van der Waals surface area contributed by atoms with E-state index in [1.165, 1.54) is 20.3 Å². The van der Waals surface area contributed by atoms with Crippen LogP contribution in [0.5, 0.6) is 11.5 Å². The second kappa shape index (κ2) is 5.97. The minimum absolute atomic E-state index is 0.0549. The summed E-state index contributed by atoms with van der Waals surface area (Å²) in [5, 5.41) is 2.92. The zero-order chi connectivity index (χ0) is 14.5. The highest BCUT2D eigenvalue weighted by Crippen LogP contribution is 2.40. The second-order valence-corrected chi connectivity index (χ2v) is 3.98. The number of hydrogen-bond donors (Lipinski definition) is 0. The largest absolute Gasteiger partial charge is 0.493 e. The molecule has 0 heterocycles. The highest BCUT2D eigenvalue weighted by Gasteiger charge is 2.21. The molecule has 0 radical (unpaired) electrons. The molecule has 0 atom stereocenters. The van der Waals surface area contributed by atoms with Crippen LogP contribution < -0.4 is 9.47 Å². The van der Waals surface area contributed by atoms with Gasteiger partial charge in [-0.15, -0.1) is 4.91 Å². The zero-order valence-electron chi connectivity index (χ0n) is 11.1. The normalized spacial score (nSPS) is 9.90. The number of nitroso groups, excluding NO2 is 1. The van der Waals surface area contributed by atoms with Crippen molar-refractivity contribution in [1.82, 2.24) is 0 Å². The average Bonchev–Trinajstić information content (AvgIpc) is 2.53. The predicted octanol–water partition coefficient (Wildman–Crippen LogP) is 3.33. The van der Waals surface area contributed by atoms with Gasteiger partial charge >= 0.3 is 0 Å². The molecule has 0 saturated carbocycles. The van der Waals surface area contributed by atoms with E-state index in [0.717, 1.165) is 0 Å². The molecule has 0 N–H and O–H groups in total. The van der Waals surface area contributed by atoms with Crippen LogP contribution >= 0.6 is 0 Å². The molecule has 0 aliphatic heterocycles. The van der Waals surface area contributed by atoms with E-state index in [2.05, 4.69) is 5.18 Å². The van der Waals surface area contributed by atoms with E-state index in [0.29, 0.717) is 11.3 Å². The number of ether oxygens (including phenoxy) is 2. The monoisotopic (exact) mass is 271 g/mol. The number of carbonyl (C=O) groups is 1. The Morgan fingerprint density at radius 2 is 1.70 bits per heavy atom. The van der Waals surface area contributed by atoms with Crippen LogP contribution in [0.4, 0.5) is 5.69 Å². The Balaban J connectivity index is 2.58. The van der Waals surface area contributed by atoms with E-state index in [1.807, 2.05) is 6.07 Å². The van der Waals surface area contributed by atoms with Gasteiger partial charge in [0.25, 0.3) is 0 Å². The maximum atomic E-state index is 12.4. The van der Waals surface area contributed by atoms with Crippen molar-refractivity contribution in [1.29, 1.82) is 0 Å². The first-order valence-electron chi connectivity index (χ1n) is 5.91. The van der Waals surface area contributed by atoms with Crippen LogP contribution in [0.1, 0.15) is 15.9 Å². The second-order valence-electron chi connectivity index (χ2n) is 3.98. The Hall–Kier alpha value is -2.69. The summed E-state index contributed by atoms with van der Waals surface area (Å²) in [4.78, 5) is 23.5. The van der Waals surface area contributed by atoms with E-state index < -0.39 is 0 Å². The van der Waals surface area contributed by atoms with Gasteiger partial charge in [0.05, 0.1) is 19.8 Å². The molecule has 0 unspecified atom stereocenters. The van der Waals surface area contributed by atoms with Gasteiger partial charge in [0, 0.05) is 5.56 Å². The Morgan fingerprint density at radius 3 is 2.25 bits per heavy atom. The Bertz CT molecular complexity index is 638. The molecule has 0 spiro atoms. The lowest BCUT2D eigenvalue weighted by Crippen LogP contribution is -2.03. The van der Waals surface area contributed by atoms with Crippen LogP contribution in [0, 0.1) is 4.91 Å². The molecule has 0 aromatic heterocycles. The Labute approximate surface area is 116 Å². The maximum Gasteiger partial charge on any atom is 0.195 e. The number of carbonyl (C=O) groups excluding carboxylic acids is 1. The number of ketones is 1. The van der Waals surface area contributed by atoms with Crippen LogP contribution in [-0.4, -0.2) is 20.0 Å². The van der Waals surface area contributed by atoms with E-state index in [-0.39, 0.29) is 22.8 Å². The lowest BCUT2D eigenvalue weighted by atomic mass is 10.0. The predicted molar refractivity (Wildman–Crippen MR) is 74.9 cm³/mol. The number of benzene rings is 2. The Morgan fingerprint density at radius 1 is 1.00 bits per heavy atom. The third-order valence-electron chi connectivity index (χ3n) is 2.89. The average molecular weight is 271 g/mol. The highest BCUT2D eigenvalue weighted by atomic mass is 16.5. The van der Waals surface area contributed by atoms with Gasteiger partial charge < -0.3 is 9.47 Å². The summed E-state index contributed by atoms with van der Waals surface area (Å²) >= 11 is 0. The van der Waals surface area contributed by atoms with E-state index in [9.17, 15) is 9.70 Å². The summed E-state index contributed by atoms with van der Waals surface area (Å²) in [6.07, 6.45) is 0. The van der Waals surface area contributed by atoms with Gasteiger partial charge in [-0.2, -0.15) is 0 Å². The molecule has 2 aromatic carbocycles. The van der Waals surface area contributed by atoms with E-state index in [1.54, 1.807) is 30.3 Å². The summed E-state index contributed by atoms with van der Waals surface area (Å²) in [5.74, 6) is 0.220. The number of hydrogen-bond acceptors (Lipinski definition) is 5. The van der Waals surface area contributed by atoms with Crippen molar-refractivity contribution >= 4 is 11.5 Å². The molecule has 20 heavy (non-hydrogen) atoms. The van der Waals surface area contributed by atoms with Crippen molar-refractivity contribution in [3.05, 3.63) is 58.5 Å². The standard InChI is InChI=1S/C15H13NO4/c1-19-12-9-8-11(13(16-18)15(12)20-2)14(17)10-6-4-3-5-7-10/h3-9H,1-2H3. The van der Waals surface area contributed by atoms with Gasteiger partial charge in [-0.05, 0) is 17.3 Å². The van der Waals surface area contributed by atoms with Crippen LogP contribution in [0.15, 0.2) is 47.6 Å².